The highest BCUT2D eigenvalue weighted by atomic mass is 35.5. The van der Waals surface area contributed by atoms with E-state index in [4.69, 9.17) is 17.0 Å². The Morgan fingerprint density at radius 1 is 1.43 bits per heavy atom. The summed E-state index contributed by atoms with van der Waals surface area (Å²) in [5.74, 6) is -0.0800. The number of carbonyl (C=O) groups is 1. The third-order valence-electron chi connectivity index (χ3n) is 3.11. The molecule has 1 atom stereocenters. The largest absolute Gasteiger partial charge is 0.278 e. The molecule has 1 aliphatic rings. The normalized spacial score (nSPS) is 18.6. The number of rotatable bonds is 3. The van der Waals surface area contributed by atoms with Gasteiger partial charge in [0.25, 0.3) is 0 Å². The summed E-state index contributed by atoms with van der Waals surface area (Å²) in [6.45, 7) is 1.81. The molecular weight excluding hydrogens is 326 g/mol. The fourth-order valence-electron chi connectivity index (χ4n) is 2.05. The molecule has 1 aliphatic heterocycles. The fraction of sp³-hybridized carbons (Fsp3) is 0.214. The van der Waals surface area contributed by atoms with Crippen LogP contribution in [0.4, 0.5) is 5.13 Å². The highest BCUT2D eigenvalue weighted by Gasteiger charge is 2.36. The van der Waals surface area contributed by atoms with E-state index >= 15 is 0 Å². The Labute approximate surface area is 135 Å². The minimum atomic E-state index is -0.214. The highest BCUT2D eigenvalue weighted by molar-refractivity contribution is 8.16. The first kappa shape index (κ1) is 14.6. The van der Waals surface area contributed by atoms with Crippen LogP contribution in [0, 0.1) is 5.41 Å². The number of thioether (sulfide) groups is 1. The van der Waals surface area contributed by atoms with Crippen LogP contribution in [0.1, 0.15) is 17.4 Å². The van der Waals surface area contributed by atoms with Gasteiger partial charge in [0, 0.05) is 22.5 Å². The van der Waals surface area contributed by atoms with Gasteiger partial charge < -0.3 is 0 Å². The number of hydrogen-bond donors (Lipinski definition) is 1. The van der Waals surface area contributed by atoms with Crippen molar-refractivity contribution in [3.05, 3.63) is 45.9 Å². The third-order valence-corrected chi connectivity index (χ3v) is 5.43. The van der Waals surface area contributed by atoms with Crippen molar-refractivity contribution in [3.63, 3.8) is 0 Å². The van der Waals surface area contributed by atoms with E-state index in [9.17, 15) is 4.79 Å². The quantitative estimate of drug-likeness (QED) is 0.927. The van der Waals surface area contributed by atoms with Crippen LogP contribution in [0.2, 0.25) is 5.02 Å². The molecule has 0 radical (unpaired) electrons. The van der Waals surface area contributed by atoms with Gasteiger partial charge in [-0.1, -0.05) is 41.6 Å². The lowest BCUT2D eigenvalue weighted by molar-refractivity contribution is -0.116. The summed E-state index contributed by atoms with van der Waals surface area (Å²) >= 11 is 8.83. The monoisotopic (exact) mass is 337 g/mol. The topological polar surface area (TPSA) is 57.1 Å². The summed E-state index contributed by atoms with van der Waals surface area (Å²) in [5, 5.41) is 9.19. The van der Waals surface area contributed by atoms with Gasteiger partial charge >= 0.3 is 0 Å². The van der Waals surface area contributed by atoms with E-state index in [0.717, 1.165) is 15.5 Å². The van der Waals surface area contributed by atoms with Crippen LogP contribution in [-0.4, -0.2) is 21.3 Å². The number of halogens is 1. The Morgan fingerprint density at radius 3 is 2.86 bits per heavy atom. The molecule has 7 heteroatoms. The summed E-state index contributed by atoms with van der Waals surface area (Å²) in [7, 11) is 0. The number of benzene rings is 1. The van der Waals surface area contributed by atoms with Crippen LogP contribution in [0.15, 0.2) is 30.5 Å². The van der Waals surface area contributed by atoms with Gasteiger partial charge in [-0.05, 0) is 18.6 Å². The molecule has 1 aromatic heterocycles. The number of carbonyl (C=O) groups excluding carboxylic acids is 1. The van der Waals surface area contributed by atoms with Gasteiger partial charge in [0.15, 0.2) is 10.3 Å². The number of anilines is 1. The number of hydrogen-bond acceptors (Lipinski definition) is 5. The zero-order valence-electron chi connectivity index (χ0n) is 11.2. The van der Waals surface area contributed by atoms with E-state index < -0.39 is 0 Å². The van der Waals surface area contributed by atoms with Crippen LogP contribution < -0.4 is 4.90 Å². The van der Waals surface area contributed by atoms with Crippen molar-refractivity contribution in [2.45, 2.75) is 18.6 Å². The predicted molar refractivity (Wildman–Crippen MR) is 88.6 cm³/mol. The van der Waals surface area contributed by atoms with Crippen molar-refractivity contribution >= 4 is 50.9 Å². The molecule has 3 rings (SSSR count). The lowest BCUT2D eigenvalue weighted by Crippen LogP contribution is -2.30. The van der Waals surface area contributed by atoms with E-state index in [2.05, 4.69) is 4.98 Å². The van der Waals surface area contributed by atoms with Gasteiger partial charge in [-0.15, -0.1) is 11.3 Å². The maximum atomic E-state index is 12.0. The van der Waals surface area contributed by atoms with Crippen LogP contribution in [0.3, 0.4) is 0 Å². The van der Waals surface area contributed by atoms with Crippen molar-refractivity contribution in [2.75, 3.05) is 4.90 Å². The van der Waals surface area contributed by atoms with E-state index in [-0.39, 0.29) is 16.3 Å². The van der Waals surface area contributed by atoms with Gasteiger partial charge in [-0.25, -0.2) is 9.88 Å². The molecule has 1 aromatic carbocycles. The Hall–Kier alpha value is -1.37. The fourth-order valence-corrected chi connectivity index (χ4v) is 4.07. The predicted octanol–water partition coefficient (Wildman–Crippen LogP) is 3.79. The summed E-state index contributed by atoms with van der Waals surface area (Å²) in [5.41, 5.74) is 1.03. The molecule has 0 bridgehead atoms. The molecule has 1 unspecified atom stereocenters. The van der Waals surface area contributed by atoms with Gasteiger partial charge in [0.1, 0.15) is 0 Å². The van der Waals surface area contributed by atoms with Gasteiger partial charge in [0.2, 0.25) is 5.91 Å². The van der Waals surface area contributed by atoms with Gasteiger partial charge in [-0.3, -0.25) is 10.2 Å². The van der Waals surface area contributed by atoms with Crippen LogP contribution in [0.5, 0.6) is 0 Å². The number of thiazole rings is 1. The van der Waals surface area contributed by atoms with Crippen molar-refractivity contribution in [1.29, 1.82) is 5.41 Å². The molecule has 2 heterocycles. The van der Waals surface area contributed by atoms with E-state index in [1.54, 1.807) is 13.1 Å². The van der Waals surface area contributed by atoms with Crippen LogP contribution in [0.25, 0.3) is 0 Å². The van der Waals surface area contributed by atoms with Gasteiger partial charge in [0.05, 0.1) is 5.25 Å². The molecular formula is C14H12ClN3OS2. The van der Waals surface area contributed by atoms with Crippen LogP contribution >= 0.6 is 34.7 Å². The number of amides is 1. The number of nitrogens with one attached hydrogen (secondary N) is 1. The minimum absolute atomic E-state index is 0.0800. The standard InChI is InChI=1S/C14H12ClN3OS2/c1-8-12(19)18(13(16)20-8)14-17-7-10(21-14)6-9-4-2-3-5-11(9)15/h2-5,7-8,16H,6H2,1H3. The lowest BCUT2D eigenvalue weighted by atomic mass is 10.1. The van der Waals surface area contributed by atoms with Crippen molar-refractivity contribution in [1.82, 2.24) is 4.98 Å². The molecule has 2 aromatic rings. The average molecular weight is 338 g/mol. The minimum Gasteiger partial charge on any atom is -0.278 e. The Morgan fingerprint density at radius 2 is 2.19 bits per heavy atom. The lowest BCUT2D eigenvalue weighted by Gasteiger charge is -2.10. The first-order chi connectivity index (χ1) is 10.1. The number of aromatic nitrogens is 1. The average Bonchev–Trinajstić information content (AvgIpc) is 2.98. The summed E-state index contributed by atoms with van der Waals surface area (Å²) in [6.07, 6.45) is 2.42. The highest BCUT2D eigenvalue weighted by Crippen LogP contribution is 2.34. The SMILES string of the molecule is CC1SC(=N)N(c2ncc(Cc3ccccc3Cl)s2)C1=O. The molecule has 21 heavy (non-hydrogen) atoms. The summed E-state index contributed by atoms with van der Waals surface area (Å²) < 4.78 is 0. The Balaban J connectivity index is 1.83. The molecule has 1 amide bonds. The maximum absolute atomic E-state index is 12.0. The maximum Gasteiger partial charge on any atom is 0.248 e. The Bertz CT molecular complexity index is 716. The second-order valence-corrected chi connectivity index (χ2v) is 7.45. The smallest absolute Gasteiger partial charge is 0.248 e. The van der Waals surface area contributed by atoms with Crippen molar-refractivity contribution < 1.29 is 4.79 Å². The zero-order chi connectivity index (χ0) is 15.0. The second kappa shape index (κ2) is 5.79. The Kier molecular flexibility index (Phi) is 4.01. The van der Waals surface area contributed by atoms with Gasteiger partial charge in [-0.2, -0.15) is 0 Å². The molecule has 1 saturated heterocycles. The summed E-state index contributed by atoms with van der Waals surface area (Å²) in [4.78, 5) is 18.7. The van der Waals surface area contributed by atoms with E-state index in [0.29, 0.717) is 11.6 Å². The van der Waals surface area contributed by atoms with Crippen molar-refractivity contribution in [3.8, 4) is 0 Å². The third kappa shape index (κ3) is 2.84. The van der Waals surface area contributed by atoms with Crippen molar-refractivity contribution in [2.24, 2.45) is 0 Å². The molecule has 108 valence electrons. The first-order valence-electron chi connectivity index (χ1n) is 6.33. The number of amidine groups is 1. The molecule has 0 aliphatic carbocycles. The molecule has 0 saturated carbocycles. The molecule has 0 spiro atoms. The van der Waals surface area contributed by atoms with E-state index in [1.165, 1.54) is 28.0 Å². The molecule has 1 fully saturated rings. The second-order valence-electron chi connectivity index (χ2n) is 4.62. The molecule has 4 nitrogen and oxygen atoms in total. The van der Waals surface area contributed by atoms with Crippen LogP contribution in [-0.2, 0) is 11.2 Å². The zero-order valence-corrected chi connectivity index (χ0v) is 13.6. The molecule has 1 N–H and O–H groups in total. The summed E-state index contributed by atoms with van der Waals surface area (Å²) in [6, 6.07) is 7.67. The van der Waals surface area contributed by atoms with E-state index in [1.807, 2.05) is 24.3 Å². The number of nitrogens with zero attached hydrogens (tertiary/aromatic N) is 2. The first-order valence-corrected chi connectivity index (χ1v) is 8.41.